The van der Waals surface area contributed by atoms with Crippen LogP contribution in [0.2, 0.25) is 0 Å². The van der Waals surface area contributed by atoms with Gasteiger partial charge in [0.2, 0.25) is 0 Å². The minimum atomic E-state index is -4.33. The number of pyridine rings is 1. The molecule has 4 nitrogen and oxygen atoms in total. The van der Waals surface area contributed by atoms with Crippen molar-refractivity contribution in [3.8, 4) is 0 Å². The van der Waals surface area contributed by atoms with Crippen LogP contribution < -0.4 is 5.32 Å². The number of halogens is 3. The van der Waals surface area contributed by atoms with Gasteiger partial charge in [-0.2, -0.15) is 13.2 Å². The molecular formula is C18H19F3N2O2. The van der Waals surface area contributed by atoms with Crippen molar-refractivity contribution < 1.29 is 22.7 Å². The number of carbonyl (C=O) groups excluding carboxylic acids is 1. The maximum absolute atomic E-state index is 12.4. The van der Waals surface area contributed by atoms with Crippen molar-refractivity contribution >= 4 is 16.8 Å². The number of benzene rings is 1. The summed E-state index contributed by atoms with van der Waals surface area (Å²) in [5, 5.41) is 3.81. The van der Waals surface area contributed by atoms with E-state index in [1.165, 1.54) is 0 Å². The van der Waals surface area contributed by atoms with Gasteiger partial charge in [0.1, 0.15) is 12.3 Å². The average molecular weight is 352 g/mol. The Hall–Kier alpha value is -2.15. The number of hydrogen-bond donors (Lipinski definition) is 1. The fourth-order valence-corrected chi connectivity index (χ4v) is 3.09. The molecule has 1 heterocycles. The van der Waals surface area contributed by atoms with E-state index in [1.54, 1.807) is 6.07 Å². The van der Waals surface area contributed by atoms with E-state index >= 15 is 0 Å². The first kappa shape index (κ1) is 17.7. The highest BCUT2D eigenvalue weighted by Gasteiger charge is 2.31. The molecule has 0 radical (unpaired) electrons. The zero-order valence-electron chi connectivity index (χ0n) is 13.6. The first-order chi connectivity index (χ1) is 11.9. The van der Waals surface area contributed by atoms with Crippen LogP contribution in [0.3, 0.4) is 0 Å². The Morgan fingerprint density at radius 1 is 1.20 bits per heavy atom. The lowest BCUT2D eigenvalue weighted by Crippen LogP contribution is -2.41. The highest BCUT2D eigenvalue weighted by molar-refractivity contribution is 5.95. The second-order valence-electron chi connectivity index (χ2n) is 6.27. The Balaban J connectivity index is 1.59. The SMILES string of the molecule is O=C(N[C@@H]1CCC[C@@H](OCC(F)(F)F)C1)c1ccc2ccccc2n1. The van der Waals surface area contributed by atoms with Crippen LogP contribution in [0.5, 0.6) is 0 Å². The summed E-state index contributed by atoms with van der Waals surface area (Å²) in [6.45, 7) is -1.25. The lowest BCUT2D eigenvalue weighted by atomic mass is 9.92. The summed E-state index contributed by atoms with van der Waals surface area (Å²) in [5.41, 5.74) is 1.03. The zero-order chi connectivity index (χ0) is 17.9. The number of amides is 1. The fraction of sp³-hybridized carbons (Fsp3) is 0.444. The number of hydrogen-bond acceptors (Lipinski definition) is 3. The number of rotatable bonds is 4. The van der Waals surface area contributed by atoms with Crippen LogP contribution in [0, 0.1) is 0 Å². The topological polar surface area (TPSA) is 51.2 Å². The smallest absolute Gasteiger partial charge is 0.369 e. The second-order valence-corrected chi connectivity index (χ2v) is 6.27. The Morgan fingerprint density at radius 3 is 2.80 bits per heavy atom. The quantitative estimate of drug-likeness (QED) is 0.909. The standard InChI is InChI=1S/C18H19F3N2O2/c19-18(20,21)11-25-14-6-3-5-13(10-14)22-17(24)16-9-8-12-4-1-2-7-15(12)23-16/h1-2,4,7-9,13-14H,3,5-6,10-11H2,(H,22,24)/t13-,14-/m1/s1. The number of nitrogens with one attached hydrogen (secondary N) is 1. The first-order valence-electron chi connectivity index (χ1n) is 8.26. The molecule has 0 unspecified atom stereocenters. The van der Waals surface area contributed by atoms with Crippen LogP contribution in [0.15, 0.2) is 36.4 Å². The van der Waals surface area contributed by atoms with Crippen molar-refractivity contribution in [1.82, 2.24) is 10.3 Å². The Morgan fingerprint density at radius 2 is 2.00 bits per heavy atom. The maximum atomic E-state index is 12.4. The maximum Gasteiger partial charge on any atom is 0.411 e. The third-order valence-corrected chi connectivity index (χ3v) is 4.28. The number of aromatic nitrogens is 1. The molecule has 0 bridgehead atoms. The third kappa shape index (κ3) is 4.92. The van der Waals surface area contributed by atoms with Crippen molar-refractivity contribution in [3.63, 3.8) is 0 Å². The molecule has 1 N–H and O–H groups in total. The van der Waals surface area contributed by atoms with E-state index in [0.717, 1.165) is 23.7 Å². The van der Waals surface area contributed by atoms with Gasteiger partial charge in [0.15, 0.2) is 0 Å². The summed E-state index contributed by atoms with van der Waals surface area (Å²) >= 11 is 0. The Labute approximate surface area is 143 Å². The molecule has 1 aliphatic carbocycles. The summed E-state index contributed by atoms with van der Waals surface area (Å²) in [4.78, 5) is 16.7. The molecule has 1 aliphatic rings. The van der Waals surface area contributed by atoms with Gasteiger partial charge in [-0.3, -0.25) is 4.79 Å². The van der Waals surface area contributed by atoms with Gasteiger partial charge >= 0.3 is 6.18 Å². The monoisotopic (exact) mass is 352 g/mol. The number of ether oxygens (including phenoxy) is 1. The van der Waals surface area contributed by atoms with Crippen LogP contribution >= 0.6 is 0 Å². The second kappa shape index (κ2) is 7.39. The molecule has 2 atom stereocenters. The highest BCUT2D eigenvalue weighted by atomic mass is 19.4. The number of fused-ring (bicyclic) bond motifs is 1. The molecule has 1 fully saturated rings. The molecular weight excluding hydrogens is 333 g/mol. The van der Waals surface area contributed by atoms with Gasteiger partial charge in [-0.15, -0.1) is 0 Å². The van der Waals surface area contributed by atoms with Gasteiger partial charge in [-0.05, 0) is 37.8 Å². The van der Waals surface area contributed by atoms with Crippen LogP contribution in [-0.2, 0) is 4.74 Å². The van der Waals surface area contributed by atoms with E-state index in [2.05, 4.69) is 10.3 Å². The molecule has 0 spiro atoms. The van der Waals surface area contributed by atoms with Gasteiger partial charge in [-0.25, -0.2) is 4.98 Å². The summed E-state index contributed by atoms with van der Waals surface area (Å²) in [7, 11) is 0. The molecule has 1 aromatic heterocycles. The van der Waals surface area contributed by atoms with Crippen molar-refractivity contribution in [2.45, 2.75) is 44.0 Å². The largest absolute Gasteiger partial charge is 0.411 e. The third-order valence-electron chi connectivity index (χ3n) is 4.28. The summed E-state index contributed by atoms with van der Waals surface area (Å²) in [6.07, 6.45) is -2.40. The summed E-state index contributed by atoms with van der Waals surface area (Å²) in [5.74, 6) is -0.313. The van der Waals surface area contributed by atoms with Gasteiger partial charge in [0.05, 0.1) is 11.6 Å². The van der Waals surface area contributed by atoms with E-state index in [9.17, 15) is 18.0 Å². The van der Waals surface area contributed by atoms with Crippen LogP contribution in [-0.4, -0.2) is 35.8 Å². The highest BCUT2D eigenvalue weighted by Crippen LogP contribution is 2.24. The van der Waals surface area contributed by atoms with E-state index in [4.69, 9.17) is 4.74 Å². The van der Waals surface area contributed by atoms with Crippen LogP contribution in [0.4, 0.5) is 13.2 Å². The van der Waals surface area contributed by atoms with Crippen LogP contribution in [0.1, 0.15) is 36.2 Å². The molecule has 1 amide bonds. The average Bonchev–Trinajstić information content (AvgIpc) is 2.59. The molecule has 1 aromatic carbocycles. The zero-order valence-corrected chi connectivity index (χ0v) is 13.6. The lowest BCUT2D eigenvalue weighted by molar-refractivity contribution is -0.188. The van der Waals surface area contributed by atoms with Crippen LogP contribution in [0.25, 0.3) is 10.9 Å². The summed E-state index contributed by atoms with van der Waals surface area (Å²) < 4.78 is 41.7. The van der Waals surface area contributed by atoms with Gasteiger partial charge < -0.3 is 10.1 Å². The first-order valence-corrected chi connectivity index (χ1v) is 8.26. The molecule has 3 rings (SSSR count). The number of carbonyl (C=O) groups is 1. The van der Waals surface area contributed by atoms with Crippen molar-refractivity contribution in [2.75, 3.05) is 6.61 Å². The molecule has 25 heavy (non-hydrogen) atoms. The fourth-order valence-electron chi connectivity index (χ4n) is 3.09. The predicted octanol–water partition coefficient (Wildman–Crippen LogP) is 3.85. The lowest BCUT2D eigenvalue weighted by Gasteiger charge is -2.30. The molecule has 0 aliphatic heterocycles. The van der Waals surface area contributed by atoms with Gasteiger partial charge in [-0.1, -0.05) is 24.3 Å². The molecule has 7 heteroatoms. The van der Waals surface area contributed by atoms with Crippen molar-refractivity contribution in [1.29, 1.82) is 0 Å². The molecule has 1 saturated carbocycles. The molecule has 134 valence electrons. The minimum Gasteiger partial charge on any atom is -0.369 e. The number of alkyl halides is 3. The van der Waals surface area contributed by atoms with Gasteiger partial charge in [0, 0.05) is 11.4 Å². The molecule has 0 saturated heterocycles. The van der Waals surface area contributed by atoms with E-state index in [1.807, 2.05) is 30.3 Å². The van der Waals surface area contributed by atoms with E-state index in [0.29, 0.717) is 18.5 Å². The van der Waals surface area contributed by atoms with Gasteiger partial charge in [0.25, 0.3) is 5.91 Å². The summed E-state index contributed by atoms with van der Waals surface area (Å²) in [6, 6.07) is 10.8. The Bertz CT molecular complexity index is 748. The van der Waals surface area contributed by atoms with Crippen molar-refractivity contribution in [2.24, 2.45) is 0 Å². The predicted molar refractivity (Wildman–Crippen MR) is 87.3 cm³/mol. The Kier molecular flexibility index (Phi) is 5.22. The molecule has 2 aromatic rings. The minimum absolute atomic E-state index is 0.201. The normalized spacial score (nSPS) is 21.2. The van der Waals surface area contributed by atoms with Crippen molar-refractivity contribution in [3.05, 3.63) is 42.1 Å². The van der Waals surface area contributed by atoms with E-state index < -0.39 is 18.9 Å². The number of nitrogens with zero attached hydrogens (tertiary/aromatic N) is 1. The van der Waals surface area contributed by atoms with E-state index in [-0.39, 0.29) is 11.9 Å². The number of para-hydroxylation sites is 1.